The Balaban J connectivity index is 2.18. The number of rotatable bonds is 6. The van der Waals surface area contributed by atoms with E-state index in [2.05, 4.69) is 31.1 Å². The second-order valence-corrected chi connectivity index (χ2v) is 4.38. The summed E-state index contributed by atoms with van der Waals surface area (Å²) in [4.78, 5) is 2.29. The minimum absolute atomic E-state index is 0.178. The molecule has 0 aliphatic rings. The Kier molecular flexibility index (Phi) is 5.43. The van der Waals surface area contributed by atoms with Gasteiger partial charge in [-0.1, -0.05) is 12.1 Å². The highest BCUT2D eigenvalue weighted by molar-refractivity contribution is 5.15. The molecule has 0 aliphatic heterocycles. The van der Waals surface area contributed by atoms with E-state index >= 15 is 0 Å². The molecule has 1 N–H and O–H groups in total. The lowest BCUT2D eigenvalue weighted by molar-refractivity contribution is 0.273. The number of likely N-dealkylation sites (N-methyl/N-ethyl adjacent to an activating group) is 1. The SMILES string of the molecule is CC(C)N(C)CCNCc1ccc(F)cc1. The third-order valence-electron chi connectivity index (χ3n) is 2.77. The van der Waals surface area contributed by atoms with Gasteiger partial charge in [0.15, 0.2) is 0 Å². The molecule has 0 amide bonds. The zero-order valence-corrected chi connectivity index (χ0v) is 10.3. The van der Waals surface area contributed by atoms with Crippen molar-refractivity contribution in [2.75, 3.05) is 20.1 Å². The van der Waals surface area contributed by atoms with Crippen molar-refractivity contribution in [3.05, 3.63) is 35.6 Å². The molecule has 0 aliphatic carbocycles. The fraction of sp³-hybridized carbons (Fsp3) is 0.538. The van der Waals surface area contributed by atoms with E-state index in [1.165, 1.54) is 12.1 Å². The molecule has 0 radical (unpaired) electrons. The van der Waals surface area contributed by atoms with Gasteiger partial charge in [-0.25, -0.2) is 4.39 Å². The van der Waals surface area contributed by atoms with Gasteiger partial charge in [0, 0.05) is 25.7 Å². The predicted molar refractivity (Wildman–Crippen MR) is 65.9 cm³/mol. The van der Waals surface area contributed by atoms with E-state index in [9.17, 15) is 4.39 Å². The van der Waals surface area contributed by atoms with Crippen LogP contribution in [0.2, 0.25) is 0 Å². The Bertz CT molecular complexity index is 295. The molecule has 3 heteroatoms. The van der Waals surface area contributed by atoms with Crippen LogP contribution < -0.4 is 5.32 Å². The topological polar surface area (TPSA) is 15.3 Å². The Morgan fingerprint density at radius 3 is 2.44 bits per heavy atom. The summed E-state index contributed by atoms with van der Waals surface area (Å²) in [5.41, 5.74) is 1.12. The zero-order chi connectivity index (χ0) is 12.0. The molecule has 1 aromatic carbocycles. The van der Waals surface area contributed by atoms with Crippen molar-refractivity contribution < 1.29 is 4.39 Å². The Hall–Kier alpha value is -0.930. The molecule has 0 saturated carbocycles. The second-order valence-electron chi connectivity index (χ2n) is 4.38. The van der Waals surface area contributed by atoms with Crippen LogP contribution in [0.4, 0.5) is 4.39 Å². The molecule has 90 valence electrons. The van der Waals surface area contributed by atoms with E-state index in [0.29, 0.717) is 6.04 Å². The van der Waals surface area contributed by atoms with Crippen LogP contribution in [0.5, 0.6) is 0 Å². The lowest BCUT2D eigenvalue weighted by Crippen LogP contribution is -2.33. The first-order valence-electron chi connectivity index (χ1n) is 5.75. The number of nitrogens with zero attached hydrogens (tertiary/aromatic N) is 1. The molecule has 2 nitrogen and oxygen atoms in total. The number of hydrogen-bond acceptors (Lipinski definition) is 2. The summed E-state index contributed by atoms with van der Waals surface area (Å²) >= 11 is 0. The first kappa shape index (κ1) is 13.1. The first-order valence-corrected chi connectivity index (χ1v) is 5.75. The van der Waals surface area contributed by atoms with Crippen LogP contribution in [0, 0.1) is 5.82 Å². The molecular formula is C13H21FN2. The molecule has 16 heavy (non-hydrogen) atoms. The van der Waals surface area contributed by atoms with Crippen molar-refractivity contribution >= 4 is 0 Å². The smallest absolute Gasteiger partial charge is 0.123 e. The third kappa shape index (κ3) is 4.73. The highest BCUT2D eigenvalue weighted by Gasteiger charge is 2.01. The van der Waals surface area contributed by atoms with Gasteiger partial charge in [0.2, 0.25) is 0 Å². The molecular weight excluding hydrogens is 203 g/mol. The monoisotopic (exact) mass is 224 g/mol. The molecule has 0 fully saturated rings. The van der Waals surface area contributed by atoms with Gasteiger partial charge in [-0.3, -0.25) is 0 Å². The number of benzene rings is 1. The van der Waals surface area contributed by atoms with Crippen LogP contribution in [0.3, 0.4) is 0 Å². The molecule has 0 atom stereocenters. The fourth-order valence-corrected chi connectivity index (χ4v) is 1.35. The molecule has 0 spiro atoms. The van der Waals surface area contributed by atoms with Crippen molar-refractivity contribution in [1.82, 2.24) is 10.2 Å². The van der Waals surface area contributed by atoms with Crippen LogP contribution in [0.15, 0.2) is 24.3 Å². The van der Waals surface area contributed by atoms with E-state index in [1.807, 2.05) is 12.1 Å². The summed E-state index contributed by atoms with van der Waals surface area (Å²) in [6, 6.07) is 7.20. The Labute approximate surface area is 97.5 Å². The van der Waals surface area contributed by atoms with Crippen LogP contribution >= 0.6 is 0 Å². The predicted octanol–water partition coefficient (Wildman–Crippen LogP) is 2.26. The summed E-state index contributed by atoms with van der Waals surface area (Å²) in [5.74, 6) is -0.178. The highest BCUT2D eigenvalue weighted by atomic mass is 19.1. The van der Waals surface area contributed by atoms with Gasteiger partial charge < -0.3 is 10.2 Å². The Morgan fingerprint density at radius 1 is 1.25 bits per heavy atom. The maximum absolute atomic E-state index is 12.6. The average molecular weight is 224 g/mol. The Morgan fingerprint density at radius 2 is 1.88 bits per heavy atom. The lowest BCUT2D eigenvalue weighted by Gasteiger charge is -2.20. The van der Waals surface area contributed by atoms with Crippen molar-refractivity contribution in [3.8, 4) is 0 Å². The zero-order valence-electron chi connectivity index (χ0n) is 10.3. The van der Waals surface area contributed by atoms with Crippen molar-refractivity contribution in [3.63, 3.8) is 0 Å². The van der Waals surface area contributed by atoms with Gasteiger partial charge >= 0.3 is 0 Å². The first-order chi connectivity index (χ1) is 7.59. The van der Waals surface area contributed by atoms with Gasteiger partial charge in [0.25, 0.3) is 0 Å². The maximum Gasteiger partial charge on any atom is 0.123 e. The largest absolute Gasteiger partial charge is 0.311 e. The van der Waals surface area contributed by atoms with Crippen molar-refractivity contribution in [2.45, 2.75) is 26.4 Å². The van der Waals surface area contributed by atoms with Gasteiger partial charge in [-0.05, 0) is 38.6 Å². The van der Waals surface area contributed by atoms with E-state index in [1.54, 1.807) is 0 Å². The number of hydrogen-bond donors (Lipinski definition) is 1. The van der Waals surface area contributed by atoms with Gasteiger partial charge in [-0.15, -0.1) is 0 Å². The van der Waals surface area contributed by atoms with Crippen LogP contribution in [0.25, 0.3) is 0 Å². The number of halogens is 1. The third-order valence-corrected chi connectivity index (χ3v) is 2.77. The number of nitrogens with one attached hydrogen (secondary N) is 1. The standard InChI is InChI=1S/C13H21FN2/c1-11(2)16(3)9-8-15-10-12-4-6-13(14)7-5-12/h4-7,11,15H,8-10H2,1-3H3. The summed E-state index contributed by atoms with van der Waals surface area (Å²) in [6.07, 6.45) is 0. The van der Waals surface area contributed by atoms with E-state index in [-0.39, 0.29) is 5.82 Å². The molecule has 0 unspecified atom stereocenters. The van der Waals surface area contributed by atoms with E-state index < -0.39 is 0 Å². The van der Waals surface area contributed by atoms with Gasteiger partial charge in [0.05, 0.1) is 0 Å². The lowest BCUT2D eigenvalue weighted by atomic mass is 10.2. The maximum atomic E-state index is 12.6. The van der Waals surface area contributed by atoms with Crippen molar-refractivity contribution in [2.24, 2.45) is 0 Å². The van der Waals surface area contributed by atoms with Crippen LogP contribution in [0.1, 0.15) is 19.4 Å². The second kappa shape index (κ2) is 6.61. The molecule has 0 heterocycles. The fourth-order valence-electron chi connectivity index (χ4n) is 1.35. The van der Waals surface area contributed by atoms with Gasteiger partial charge in [-0.2, -0.15) is 0 Å². The molecule has 1 aromatic rings. The minimum Gasteiger partial charge on any atom is -0.311 e. The minimum atomic E-state index is -0.178. The summed E-state index contributed by atoms with van der Waals surface area (Å²) < 4.78 is 12.6. The van der Waals surface area contributed by atoms with E-state index in [4.69, 9.17) is 0 Å². The molecule has 0 bridgehead atoms. The van der Waals surface area contributed by atoms with E-state index in [0.717, 1.165) is 25.2 Å². The average Bonchev–Trinajstić information content (AvgIpc) is 2.26. The highest BCUT2D eigenvalue weighted by Crippen LogP contribution is 2.01. The van der Waals surface area contributed by atoms with Crippen LogP contribution in [-0.4, -0.2) is 31.1 Å². The molecule has 0 aromatic heterocycles. The normalized spacial score (nSPS) is 11.4. The summed E-state index contributed by atoms with van der Waals surface area (Å²) in [5, 5.41) is 3.34. The van der Waals surface area contributed by atoms with Crippen molar-refractivity contribution in [1.29, 1.82) is 0 Å². The summed E-state index contributed by atoms with van der Waals surface area (Å²) in [7, 11) is 2.12. The van der Waals surface area contributed by atoms with Crippen LogP contribution in [-0.2, 0) is 6.54 Å². The molecule has 1 rings (SSSR count). The molecule has 0 saturated heterocycles. The summed E-state index contributed by atoms with van der Waals surface area (Å²) in [6.45, 7) is 7.14. The quantitative estimate of drug-likeness (QED) is 0.746. The van der Waals surface area contributed by atoms with Gasteiger partial charge in [0.1, 0.15) is 5.82 Å².